The molecule has 2 aliphatic rings. The fourth-order valence-electron chi connectivity index (χ4n) is 5.99. The molecule has 0 aromatic heterocycles. The predicted molar refractivity (Wildman–Crippen MR) is 128 cm³/mol. The van der Waals surface area contributed by atoms with Crippen molar-refractivity contribution in [1.82, 2.24) is 0 Å². The minimum absolute atomic E-state index is 0.795. The average Bonchev–Trinajstić information content (AvgIpc) is 2.77. The lowest BCUT2D eigenvalue weighted by molar-refractivity contribution is 0.210. The topological polar surface area (TPSA) is 0 Å². The molecule has 0 amide bonds. The van der Waals surface area contributed by atoms with Gasteiger partial charge >= 0.3 is 0 Å². The summed E-state index contributed by atoms with van der Waals surface area (Å²) in [5, 5.41) is 0. The second-order valence-electron chi connectivity index (χ2n) is 10.1. The Kier molecular flexibility index (Phi) is 9.84. The highest BCUT2D eigenvalue weighted by Crippen LogP contribution is 2.44. The molecule has 1 fully saturated rings. The number of hydrogen-bond acceptors (Lipinski definition) is 0. The smallest absolute Gasteiger partial charge is 0.0131 e. The third-order valence-corrected chi connectivity index (χ3v) is 7.84. The molecule has 1 aromatic carbocycles. The van der Waals surface area contributed by atoms with Crippen LogP contribution in [0.2, 0.25) is 0 Å². The Labute approximate surface area is 181 Å². The van der Waals surface area contributed by atoms with E-state index in [1.165, 1.54) is 102 Å². The van der Waals surface area contributed by atoms with Crippen molar-refractivity contribution in [2.45, 2.75) is 116 Å². The molecule has 1 saturated carbocycles. The lowest BCUT2D eigenvalue weighted by Crippen LogP contribution is -2.23. The van der Waals surface area contributed by atoms with E-state index in [9.17, 15) is 0 Å². The van der Waals surface area contributed by atoms with Gasteiger partial charge in [-0.15, -0.1) is 0 Å². The maximum atomic E-state index is 2.49. The number of hydrogen-bond donors (Lipinski definition) is 0. The third-order valence-electron chi connectivity index (χ3n) is 7.84. The Bertz CT molecular complexity index is 573. The molecule has 3 rings (SSSR count). The van der Waals surface area contributed by atoms with Crippen LogP contribution in [0.1, 0.15) is 121 Å². The van der Waals surface area contributed by atoms with Crippen molar-refractivity contribution in [3.05, 3.63) is 47.5 Å². The average molecular weight is 395 g/mol. The molecule has 0 saturated heterocycles. The van der Waals surface area contributed by atoms with Crippen LogP contribution in [0.4, 0.5) is 0 Å². The second kappa shape index (κ2) is 12.6. The van der Waals surface area contributed by atoms with E-state index in [0.717, 1.165) is 23.7 Å². The maximum absolute atomic E-state index is 2.49. The van der Waals surface area contributed by atoms with E-state index < -0.39 is 0 Å². The normalized spacial score (nSPS) is 25.8. The van der Waals surface area contributed by atoms with Gasteiger partial charge in [0.1, 0.15) is 0 Å². The highest BCUT2D eigenvalue weighted by Gasteiger charge is 2.30. The summed E-state index contributed by atoms with van der Waals surface area (Å²) in [6.45, 7) is 4.61. The predicted octanol–water partition coefficient (Wildman–Crippen LogP) is 9.25. The van der Waals surface area contributed by atoms with E-state index in [1.807, 2.05) is 0 Å². The van der Waals surface area contributed by atoms with Gasteiger partial charge in [0, 0.05) is 0 Å². The second-order valence-corrected chi connectivity index (χ2v) is 10.1. The van der Waals surface area contributed by atoms with Crippen molar-refractivity contribution in [3.8, 4) is 0 Å². The molecule has 0 radical (unpaired) electrons. The summed E-state index contributed by atoms with van der Waals surface area (Å²) in [7, 11) is 0. The number of rotatable bonds is 11. The van der Waals surface area contributed by atoms with Gasteiger partial charge in [0.05, 0.1) is 0 Å². The van der Waals surface area contributed by atoms with E-state index in [0.29, 0.717) is 0 Å². The van der Waals surface area contributed by atoms with Crippen molar-refractivity contribution in [2.75, 3.05) is 0 Å². The first-order chi connectivity index (χ1) is 14.3. The summed E-state index contributed by atoms with van der Waals surface area (Å²) in [6, 6.07) is 9.83. The number of benzene rings is 1. The maximum Gasteiger partial charge on any atom is -0.0131 e. The molecule has 162 valence electrons. The van der Waals surface area contributed by atoms with Crippen molar-refractivity contribution in [3.63, 3.8) is 0 Å². The molecule has 0 nitrogen and oxygen atoms in total. The van der Waals surface area contributed by atoms with Gasteiger partial charge in [0.15, 0.2) is 0 Å². The molecule has 0 bridgehead atoms. The van der Waals surface area contributed by atoms with Crippen LogP contribution in [0, 0.1) is 17.8 Å². The molecule has 2 atom stereocenters. The van der Waals surface area contributed by atoms with Gasteiger partial charge in [-0.3, -0.25) is 0 Å². The van der Waals surface area contributed by atoms with Crippen LogP contribution in [0.3, 0.4) is 0 Å². The monoisotopic (exact) mass is 394 g/mol. The number of allylic oxidation sites excluding steroid dienone is 2. The van der Waals surface area contributed by atoms with Gasteiger partial charge in [-0.05, 0) is 79.7 Å². The lowest BCUT2D eigenvalue weighted by Gasteiger charge is -2.36. The highest BCUT2D eigenvalue weighted by molar-refractivity contribution is 5.26. The van der Waals surface area contributed by atoms with Gasteiger partial charge in [-0.2, -0.15) is 0 Å². The lowest BCUT2D eigenvalue weighted by atomic mass is 9.69. The Balaban J connectivity index is 1.60. The first kappa shape index (κ1) is 22.6. The standard InChI is InChI=1S/C29H46/c1-3-5-6-8-12-25-17-21-28(22-18-25)29(23-26-13-9-7-10-14-26)27-19-15-24(11-4-2)16-20-27/h7,9,15-16,19-20,25-26,28-29H,3-6,8,10-14,17-18,21-23H2,1-2H3. The van der Waals surface area contributed by atoms with Crippen LogP contribution >= 0.6 is 0 Å². The van der Waals surface area contributed by atoms with Crippen LogP contribution in [0.25, 0.3) is 0 Å². The zero-order chi connectivity index (χ0) is 20.3. The number of unbranched alkanes of at least 4 members (excludes halogenated alkanes) is 3. The molecular formula is C29H46. The first-order valence-electron chi connectivity index (χ1n) is 13.0. The van der Waals surface area contributed by atoms with E-state index in [1.54, 1.807) is 5.56 Å². The molecule has 29 heavy (non-hydrogen) atoms. The highest BCUT2D eigenvalue weighted by atomic mass is 14.3. The van der Waals surface area contributed by atoms with Gasteiger partial charge in [-0.1, -0.05) is 102 Å². The Morgan fingerprint density at radius 2 is 1.59 bits per heavy atom. The van der Waals surface area contributed by atoms with Crippen molar-refractivity contribution in [1.29, 1.82) is 0 Å². The minimum Gasteiger partial charge on any atom is -0.0885 e. The minimum atomic E-state index is 0.795. The Morgan fingerprint density at radius 3 is 2.24 bits per heavy atom. The zero-order valence-electron chi connectivity index (χ0n) is 19.4. The summed E-state index contributed by atoms with van der Waals surface area (Å²) in [5.74, 6) is 3.65. The molecule has 0 aliphatic heterocycles. The molecular weight excluding hydrogens is 348 g/mol. The van der Waals surface area contributed by atoms with Crippen molar-refractivity contribution in [2.24, 2.45) is 17.8 Å². The SMILES string of the molecule is CCCCCCC1CCC(C(CC2CC=CCC2)c2ccc(CCC)cc2)CC1. The van der Waals surface area contributed by atoms with Crippen LogP contribution in [-0.2, 0) is 6.42 Å². The Morgan fingerprint density at radius 1 is 0.793 bits per heavy atom. The molecule has 1 aromatic rings. The summed E-state index contributed by atoms with van der Waals surface area (Å²) in [6.07, 6.45) is 25.9. The molecule has 0 heteroatoms. The van der Waals surface area contributed by atoms with Crippen LogP contribution in [0.5, 0.6) is 0 Å². The van der Waals surface area contributed by atoms with Gasteiger partial charge < -0.3 is 0 Å². The summed E-state index contributed by atoms with van der Waals surface area (Å²) >= 11 is 0. The molecule has 2 unspecified atom stereocenters. The molecule has 0 N–H and O–H groups in total. The van der Waals surface area contributed by atoms with E-state index in [2.05, 4.69) is 50.3 Å². The van der Waals surface area contributed by atoms with Crippen molar-refractivity contribution >= 4 is 0 Å². The van der Waals surface area contributed by atoms with E-state index in [-0.39, 0.29) is 0 Å². The van der Waals surface area contributed by atoms with E-state index in [4.69, 9.17) is 0 Å². The summed E-state index contributed by atoms with van der Waals surface area (Å²) in [5.41, 5.74) is 3.16. The largest absolute Gasteiger partial charge is 0.0885 e. The van der Waals surface area contributed by atoms with E-state index >= 15 is 0 Å². The summed E-state index contributed by atoms with van der Waals surface area (Å²) in [4.78, 5) is 0. The molecule has 0 spiro atoms. The fraction of sp³-hybridized carbons (Fsp3) is 0.724. The van der Waals surface area contributed by atoms with Crippen LogP contribution in [0.15, 0.2) is 36.4 Å². The fourth-order valence-corrected chi connectivity index (χ4v) is 5.99. The molecule has 2 aliphatic carbocycles. The van der Waals surface area contributed by atoms with Gasteiger partial charge in [0.25, 0.3) is 0 Å². The quantitative estimate of drug-likeness (QED) is 0.259. The molecule has 0 heterocycles. The zero-order valence-corrected chi connectivity index (χ0v) is 19.4. The van der Waals surface area contributed by atoms with Crippen molar-refractivity contribution < 1.29 is 0 Å². The van der Waals surface area contributed by atoms with Gasteiger partial charge in [0.2, 0.25) is 0 Å². The number of aryl methyl sites for hydroxylation is 1. The Hall–Kier alpha value is -1.04. The summed E-state index contributed by atoms with van der Waals surface area (Å²) < 4.78 is 0. The van der Waals surface area contributed by atoms with Gasteiger partial charge in [-0.25, -0.2) is 0 Å². The van der Waals surface area contributed by atoms with Crippen LogP contribution < -0.4 is 0 Å². The first-order valence-corrected chi connectivity index (χ1v) is 13.0. The van der Waals surface area contributed by atoms with Crippen LogP contribution in [-0.4, -0.2) is 0 Å². The third kappa shape index (κ3) is 7.30.